The van der Waals surface area contributed by atoms with Crippen LogP contribution in [-0.4, -0.2) is 52.8 Å². The minimum Gasteiger partial charge on any atom is -0.349 e. The maximum Gasteiger partial charge on any atom is 0.285 e. The molecule has 1 amide bonds. The van der Waals surface area contributed by atoms with E-state index in [1.807, 2.05) is 0 Å². The molecule has 0 atom stereocenters. The Morgan fingerprint density at radius 2 is 1.87 bits per heavy atom. The third kappa shape index (κ3) is 4.62. The number of sulfonamides is 2. The van der Waals surface area contributed by atoms with E-state index in [-0.39, 0.29) is 28.9 Å². The van der Waals surface area contributed by atoms with Crippen molar-refractivity contribution in [3.63, 3.8) is 0 Å². The molecule has 3 rings (SSSR count). The van der Waals surface area contributed by atoms with Gasteiger partial charge in [-0.1, -0.05) is 12.1 Å². The third-order valence-electron chi connectivity index (χ3n) is 4.51. The van der Waals surface area contributed by atoms with Gasteiger partial charge in [-0.15, -0.1) is 4.40 Å². The number of rotatable bonds is 6. The summed E-state index contributed by atoms with van der Waals surface area (Å²) in [5.74, 6) is -0.204. The lowest BCUT2D eigenvalue weighted by Crippen LogP contribution is -2.34. The van der Waals surface area contributed by atoms with Crippen LogP contribution in [0.3, 0.4) is 0 Å². The summed E-state index contributed by atoms with van der Waals surface area (Å²) in [7, 11) is -5.57. The average molecular weight is 451 g/mol. The molecule has 0 unspecified atom stereocenters. The van der Waals surface area contributed by atoms with Gasteiger partial charge < -0.3 is 10.2 Å². The predicted molar refractivity (Wildman–Crippen MR) is 116 cm³/mol. The minimum absolute atomic E-state index is 0.0417. The molecule has 0 saturated carbocycles. The Morgan fingerprint density at radius 1 is 1.17 bits per heavy atom. The van der Waals surface area contributed by atoms with Crippen LogP contribution in [0.5, 0.6) is 0 Å². The molecule has 0 bridgehead atoms. The summed E-state index contributed by atoms with van der Waals surface area (Å²) in [4.78, 5) is 14.0. The molecule has 9 nitrogen and oxygen atoms in total. The van der Waals surface area contributed by atoms with Gasteiger partial charge in [0.2, 0.25) is 15.9 Å². The van der Waals surface area contributed by atoms with E-state index in [0.29, 0.717) is 22.5 Å². The first-order chi connectivity index (χ1) is 14.0. The van der Waals surface area contributed by atoms with Crippen molar-refractivity contribution in [1.82, 2.24) is 4.90 Å². The Morgan fingerprint density at radius 3 is 2.53 bits per heavy atom. The number of carbonyl (C=O) groups is 1. The number of aryl methyl sites for hydroxylation is 1. The van der Waals surface area contributed by atoms with Crippen molar-refractivity contribution in [2.75, 3.05) is 29.4 Å². The van der Waals surface area contributed by atoms with Crippen LogP contribution in [-0.2, 0) is 24.8 Å². The molecular weight excluding hydrogens is 428 g/mol. The molecule has 1 heterocycles. The number of likely N-dealkylation sites (N-methyl/N-ethyl adjacent to an activating group) is 1. The number of hydrogen-bond donors (Lipinski definition) is 2. The minimum atomic E-state index is -3.76. The first-order valence-electron chi connectivity index (χ1n) is 9.09. The van der Waals surface area contributed by atoms with Crippen LogP contribution in [0, 0.1) is 6.92 Å². The van der Waals surface area contributed by atoms with E-state index in [1.54, 1.807) is 57.3 Å². The van der Waals surface area contributed by atoms with E-state index >= 15 is 0 Å². The topological polar surface area (TPSA) is 125 Å². The molecule has 2 aromatic carbocycles. The molecule has 2 aromatic rings. The molecule has 0 aromatic heterocycles. The van der Waals surface area contributed by atoms with Crippen LogP contribution in [0.25, 0.3) is 0 Å². The summed E-state index contributed by atoms with van der Waals surface area (Å²) in [6.07, 6.45) is 0. The zero-order valence-electron chi connectivity index (χ0n) is 16.7. The fraction of sp³-hybridized carbons (Fsp3) is 0.263. The number of amidine groups is 1. The Hall–Kier alpha value is -2.92. The molecule has 160 valence electrons. The molecular formula is C19H22N4O5S2. The molecule has 0 aliphatic carbocycles. The number of nitrogens with one attached hydrogen (secondary N) is 2. The zero-order chi connectivity index (χ0) is 22.1. The van der Waals surface area contributed by atoms with Gasteiger partial charge in [-0.2, -0.15) is 8.42 Å². The van der Waals surface area contributed by atoms with Gasteiger partial charge in [0.1, 0.15) is 4.90 Å². The van der Waals surface area contributed by atoms with Crippen LogP contribution in [0.1, 0.15) is 18.1 Å². The van der Waals surface area contributed by atoms with Crippen LogP contribution in [0.4, 0.5) is 11.4 Å². The summed E-state index contributed by atoms with van der Waals surface area (Å²) in [6, 6.07) is 11.3. The number of amides is 1. The van der Waals surface area contributed by atoms with Crippen LogP contribution in [0.15, 0.2) is 51.8 Å². The first kappa shape index (κ1) is 21.8. The van der Waals surface area contributed by atoms with Gasteiger partial charge in [0.05, 0.1) is 18.0 Å². The summed E-state index contributed by atoms with van der Waals surface area (Å²) in [5, 5.41) is 2.72. The maximum atomic E-state index is 12.5. The van der Waals surface area contributed by atoms with Crippen molar-refractivity contribution < 1.29 is 21.6 Å². The Bertz CT molecular complexity index is 1240. The van der Waals surface area contributed by atoms with Gasteiger partial charge in [0.15, 0.2) is 5.84 Å². The lowest BCUT2D eigenvalue weighted by atomic mass is 10.2. The van der Waals surface area contributed by atoms with Gasteiger partial charge in [-0.25, -0.2) is 8.42 Å². The smallest absolute Gasteiger partial charge is 0.285 e. The lowest BCUT2D eigenvalue weighted by Gasteiger charge is -2.19. The van der Waals surface area contributed by atoms with Gasteiger partial charge in [-0.3, -0.25) is 9.52 Å². The molecule has 1 aliphatic heterocycles. The summed E-state index contributed by atoms with van der Waals surface area (Å²) in [6.45, 7) is 3.15. The monoisotopic (exact) mass is 450 g/mol. The average Bonchev–Trinajstić information content (AvgIpc) is 2.95. The lowest BCUT2D eigenvalue weighted by molar-refractivity contribution is -0.116. The molecule has 30 heavy (non-hydrogen) atoms. The highest BCUT2D eigenvalue weighted by molar-refractivity contribution is 7.92. The normalized spacial score (nSPS) is 14.6. The van der Waals surface area contributed by atoms with Crippen molar-refractivity contribution in [3.05, 3.63) is 53.6 Å². The van der Waals surface area contributed by atoms with Crippen LogP contribution < -0.4 is 10.0 Å². The van der Waals surface area contributed by atoms with Gasteiger partial charge in [0, 0.05) is 18.3 Å². The van der Waals surface area contributed by atoms with Gasteiger partial charge in [0.25, 0.3) is 10.0 Å². The van der Waals surface area contributed by atoms with Crippen LogP contribution in [0.2, 0.25) is 0 Å². The van der Waals surface area contributed by atoms with E-state index < -0.39 is 20.0 Å². The number of anilines is 2. The Kier molecular flexibility index (Phi) is 5.86. The van der Waals surface area contributed by atoms with Gasteiger partial charge in [-0.05, 0) is 49.7 Å². The SMILES string of the molecule is CCS(=O)(=O)Nc1ccc(NC(=O)CN(C)C2=NS(=O)(=O)c3ccccc32)cc1C. The first-order valence-corrected chi connectivity index (χ1v) is 12.2. The van der Waals surface area contributed by atoms with Crippen molar-refractivity contribution >= 4 is 43.2 Å². The number of benzene rings is 2. The fourth-order valence-corrected chi connectivity index (χ4v) is 4.91. The van der Waals surface area contributed by atoms with E-state index in [9.17, 15) is 21.6 Å². The molecule has 0 spiro atoms. The largest absolute Gasteiger partial charge is 0.349 e. The van der Waals surface area contributed by atoms with E-state index in [4.69, 9.17) is 0 Å². The van der Waals surface area contributed by atoms with Crippen LogP contribution >= 0.6 is 0 Å². The summed E-state index contributed by atoms with van der Waals surface area (Å²) in [5.41, 5.74) is 2.04. The Balaban J connectivity index is 1.70. The standard InChI is InChI=1S/C19H22N4O5S2/c1-4-29(25,26)21-16-10-9-14(11-13(16)2)20-18(24)12-23(3)19-15-7-5-6-8-17(15)30(27,28)22-19/h5-11,21H,4,12H2,1-3H3,(H,20,24). The highest BCUT2D eigenvalue weighted by atomic mass is 32.2. The molecule has 0 saturated heterocycles. The fourth-order valence-electron chi connectivity index (χ4n) is 2.95. The maximum absolute atomic E-state index is 12.5. The second-order valence-electron chi connectivity index (χ2n) is 6.83. The van der Waals surface area contributed by atoms with Gasteiger partial charge >= 0.3 is 0 Å². The molecule has 11 heteroatoms. The number of nitrogens with zero attached hydrogens (tertiary/aromatic N) is 2. The van der Waals surface area contributed by atoms with E-state index in [1.165, 1.54) is 11.0 Å². The molecule has 1 aliphatic rings. The molecule has 0 fully saturated rings. The summed E-state index contributed by atoms with van der Waals surface area (Å²) < 4.78 is 54.1. The Labute approximate surface area is 175 Å². The number of hydrogen-bond acceptors (Lipinski definition) is 6. The van der Waals surface area contributed by atoms with Crippen molar-refractivity contribution in [2.45, 2.75) is 18.7 Å². The quantitative estimate of drug-likeness (QED) is 0.691. The molecule has 0 radical (unpaired) electrons. The zero-order valence-corrected chi connectivity index (χ0v) is 18.3. The highest BCUT2D eigenvalue weighted by Gasteiger charge is 2.30. The van der Waals surface area contributed by atoms with E-state index in [0.717, 1.165) is 0 Å². The van der Waals surface area contributed by atoms with Crippen molar-refractivity contribution in [2.24, 2.45) is 4.40 Å². The van der Waals surface area contributed by atoms with Crippen molar-refractivity contribution in [3.8, 4) is 0 Å². The predicted octanol–water partition coefficient (Wildman–Crippen LogP) is 1.78. The van der Waals surface area contributed by atoms with Crippen molar-refractivity contribution in [1.29, 1.82) is 0 Å². The number of fused-ring (bicyclic) bond motifs is 1. The molecule has 2 N–H and O–H groups in total. The second kappa shape index (κ2) is 8.07. The summed E-state index contributed by atoms with van der Waals surface area (Å²) >= 11 is 0. The third-order valence-corrected chi connectivity index (χ3v) is 7.13. The highest BCUT2D eigenvalue weighted by Crippen LogP contribution is 2.27. The second-order valence-corrected chi connectivity index (χ2v) is 10.4. The number of carbonyl (C=O) groups excluding carboxylic acids is 1. The van der Waals surface area contributed by atoms with E-state index in [2.05, 4.69) is 14.4 Å².